The van der Waals surface area contributed by atoms with Crippen molar-refractivity contribution in [3.8, 4) is 0 Å². The van der Waals surface area contributed by atoms with Crippen molar-refractivity contribution >= 4 is 40.0 Å². The molecule has 25 heavy (non-hydrogen) atoms. The van der Waals surface area contributed by atoms with Gasteiger partial charge in [-0.25, -0.2) is 9.37 Å². The predicted octanol–water partition coefficient (Wildman–Crippen LogP) is 5.34. The lowest BCUT2D eigenvalue weighted by atomic mass is 10.2. The topological polar surface area (TPSA) is 49.8 Å². The standard InChI is InChI=1S/C16H15F4IN4/c17-11-7-9(21)5-6-12(11)23-14-8-13(16(18,19)20)24-15(25-14)22-10-3-1-2-4-10/h5-8,10H,1-4H2,(H2,22,23,24,25). The van der Waals surface area contributed by atoms with Gasteiger partial charge in [0.25, 0.3) is 0 Å². The fraction of sp³-hybridized carbons (Fsp3) is 0.375. The van der Waals surface area contributed by atoms with E-state index in [1.807, 2.05) is 22.6 Å². The Hall–Kier alpha value is -1.65. The van der Waals surface area contributed by atoms with E-state index in [4.69, 9.17) is 0 Å². The minimum absolute atomic E-state index is 0.0547. The van der Waals surface area contributed by atoms with E-state index in [-0.39, 0.29) is 23.5 Å². The first kappa shape index (κ1) is 18.2. The summed E-state index contributed by atoms with van der Waals surface area (Å²) in [6.45, 7) is 0. The normalized spacial score (nSPS) is 15.4. The van der Waals surface area contributed by atoms with E-state index in [0.29, 0.717) is 3.57 Å². The number of anilines is 3. The molecule has 1 fully saturated rings. The van der Waals surface area contributed by atoms with Gasteiger partial charge in [0.15, 0.2) is 5.69 Å². The van der Waals surface area contributed by atoms with Gasteiger partial charge in [-0.15, -0.1) is 0 Å². The molecule has 9 heteroatoms. The van der Waals surface area contributed by atoms with E-state index < -0.39 is 17.7 Å². The molecule has 0 unspecified atom stereocenters. The summed E-state index contributed by atoms with van der Waals surface area (Å²) < 4.78 is 54.0. The van der Waals surface area contributed by atoms with Crippen LogP contribution < -0.4 is 10.6 Å². The van der Waals surface area contributed by atoms with E-state index >= 15 is 0 Å². The first-order valence-corrected chi connectivity index (χ1v) is 8.84. The summed E-state index contributed by atoms with van der Waals surface area (Å²) in [5.41, 5.74) is -1.02. The highest BCUT2D eigenvalue weighted by Gasteiger charge is 2.34. The summed E-state index contributed by atoms with van der Waals surface area (Å²) in [6.07, 6.45) is -0.830. The maximum Gasteiger partial charge on any atom is 0.433 e. The van der Waals surface area contributed by atoms with E-state index in [9.17, 15) is 17.6 Å². The molecule has 0 saturated heterocycles. The Kier molecular flexibility index (Phi) is 5.30. The summed E-state index contributed by atoms with van der Waals surface area (Å²) in [5.74, 6) is -0.776. The molecule has 134 valence electrons. The van der Waals surface area contributed by atoms with Gasteiger partial charge in [-0.3, -0.25) is 0 Å². The molecule has 0 bridgehead atoms. The molecule has 3 rings (SSSR count). The maximum atomic E-state index is 14.0. The van der Waals surface area contributed by atoms with Gasteiger partial charge >= 0.3 is 6.18 Å². The molecule has 0 radical (unpaired) electrons. The summed E-state index contributed by atoms with van der Waals surface area (Å²) in [6, 6.07) is 5.22. The summed E-state index contributed by atoms with van der Waals surface area (Å²) in [4.78, 5) is 7.63. The van der Waals surface area contributed by atoms with Crippen LogP contribution in [0.2, 0.25) is 0 Å². The third-order valence-corrected chi connectivity index (χ3v) is 4.57. The molecule has 0 spiro atoms. The zero-order valence-electron chi connectivity index (χ0n) is 13.0. The van der Waals surface area contributed by atoms with Gasteiger partial charge in [0.05, 0.1) is 5.69 Å². The lowest BCUT2D eigenvalue weighted by Gasteiger charge is -2.16. The van der Waals surface area contributed by atoms with Crippen molar-refractivity contribution in [1.82, 2.24) is 9.97 Å². The molecule has 1 aromatic carbocycles. The van der Waals surface area contributed by atoms with Gasteiger partial charge in [-0.2, -0.15) is 18.2 Å². The van der Waals surface area contributed by atoms with Crippen LogP contribution in [0.15, 0.2) is 24.3 Å². The Labute approximate surface area is 155 Å². The maximum absolute atomic E-state index is 14.0. The van der Waals surface area contributed by atoms with Crippen molar-refractivity contribution < 1.29 is 17.6 Å². The van der Waals surface area contributed by atoms with Gasteiger partial charge < -0.3 is 10.6 Å². The van der Waals surface area contributed by atoms with Crippen molar-refractivity contribution in [1.29, 1.82) is 0 Å². The van der Waals surface area contributed by atoms with E-state index in [2.05, 4.69) is 20.6 Å². The molecule has 0 atom stereocenters. The van der Waals surface area contributed by atoms with Crippen LogP contribution in [0.3, 0.4) is 0 Å². The SMILES string of the molecule is Fc1cc(I)ccc1Nc1cc(C(F)(F)F)nc(NC2CCCC2)n1. The Bertz CT molecular complexity index is 760. The van der Waals surface area contributed by atoms with Crippen molar-refractivity contribution in [2.24, 2.45) is 0 Å². The minimum Gasteiger partial charge on any atom is -0.351 e. The molecule has 1 aliphatic carbocycles. The van der Waals surface area contributed by atoms with Crippen molar-refractivity contribution in [3.63, 3.8) is 0 Å². The number of hydrogen-bond acceptors (Lipinski definition) is 4. The van der Waals surface area contributed by atoms with Crippen LogP contribution in [0.25, 0.3) is 0 Å². The zero-order valence-corrected chi connectivity index (χ0v) is 15.2. The predicted molar refractivity (Wildman–Crippen MR) is 95.3 cm³/mol. The quantitative estimate of drug-likeness (QED) is 0.472. The van der Waals surface area contributed by atoms with Crippen LogP contribution in [-0.2, 0) is 6.18 Å². The highest BCUT2D eigenvalue weighted by Crippen LogP contribution is 2.31. The van der Waals surface area contributed by atoms with Gasteiger partial charge in [0, 0.05) is 15.7 Å². The van der Waals surface area contributed by atoms with Crippen LogP contribution in [-0.4, -0.2) is 16.0 Å². The molecular formula is C16H15F4IN4. The van der Waals surface area contributed by atoms with Gasteiger partial charge in [-0.1, -0.05) is 12.8 Å². The highest BCUT2D eigenvalue weighted by atomic mass is 127. The molecule has 2 N–H and O–H groups in total. The lowest BCUT2D eigenvalue weighted by molar-refractivity contribution is -0.141. The number of benzene rings is 1. The van der Waals surface area contributed by atoms with Crippen LogP contribution in [0.5, 0.6) is 0 Å². The van der Waals surface area contributed by atoms with E-state index in [0.717, 1.165) is 31.7 Å². The smallest absolute Gasteiger partial charge is 0.351 e. The number of halogens is 5. The van der Waals surface area contributed by atoms with Crippen LogP contribution in [0.4, 0.5) is 35.0 Å². The summed E-state index contributed by atoms with van der Waals surface area (Å²) >= 11 is 1.95. The van der Waals surface area contributed by atoms with E-state index in [1.54, 1.807) is 6.07 Å². The molecule has 4 nitrogen and oxygen atoms in total. The Morgan fingerprint density at radius 3 is 2.44 bits per heavy atom. The molecule has 1 aliphatic rings. The van der Waals surface area contributed by atoms with Crippen molar-refractivity contribution in [2.75, 3.05) is 10.6 Å². The Balaban J connectivity index is 1.90. The third kappa shape index (κ3) is 4.71. The monoisotopic (exact) mass is 466 g/mol. The number of alkyl halides is 3. The second-order valence-corrected chi connectivity index (χ2v) is 7.08. The molecular weight excluding hydrogens is 451 g/mol. The van der Waals surface area contributed by atoms with E-state index in [1.165, 1.54) is 12.1 Å². The molecule has 0 aliphatic heterocycles. The second kappa shape index (κ2) is 7.30. The zero-order chi connectivity index (χ0) is 18.0. The second-order valence-electron chi connectivity index (χ2n) is 5.83. The fourth-order valence-corrected chi connectivity index (χ4v) is 3.16. The highest BCUT2D eigenvalue weighted by molar-refractivity contribution is 14.1. The van der Waals surface area contributed by atoms with Gasteiger partial charge in [0.1, 0.15) is 11.6 Å². The van der Waals surface area contributed by atoms with Gasteiger partial charge in [0.2, 0.25) is 5.95 Å². The lowest BCUT2D eigenvalue weighted by Crippen LogP contribution is -2.19. The van der Waals surface area contributed by atoms with Crippen LogP contribution in [0, 0.1) is 9.39 Å². The summed E-state index contributed by atoms with van der Waals surface area (Å²) in [5, 5.41) is 5.55. The Morgan fingerprint density at radius 2 is 1.80 bits per heavy atom. The van der Waals surface area contributed by atoms with Crippen LogP contribution in [0.1, 0.15) is 31.4 Å². The first-order valence-electron chi connectivity index (χ1n) is 7.76. The van der Waals surface area contributed by atoms with Crippen molar-refractivity contribution in [3.05, 3.63) is 39.3 Å². The fourth-order valence-electron chi connectivity index (χ4n) is 2.70. The first-order chi connectivity index (χ1) is 11.8. The summed E-state index contributed by atoms with van der Waals surface area (Å²) in [7, 11) is 0. The largest absolute Gasteiger partial charge is 0.433 e. The minimum atomic E-state index is -4.61. The average Bonchev–Trinajstić information content (AvgIpc) is 3.02. The van der Waals surface area contributed by atoms with Crippen LogP contribution >= 0.6 is 22.6 Å². The van der Waals surface area contributed by atoms with Crippen molar-refractivity contribution in [2.45, 2.75) is 37.9 Å². The molecule has 0 amide bonds. The molecule has 2 aromatic rings. The number of nitrogens with zero attached hydrogens (tertiary/aromatic N) is 2. The number of aromatic nitrogens is 2. The third-order valence-electron chi connectivity index (χ3n) is 3.90. The Morgan fingerprint density at radius 1 is 1.08 bits per heavy atom. The molecule has 1 aromatic heterocycles. The number of rotatable bonds is 4. The number of nitrogens with one attached hydrogen (secondary N) is 2. The van der Waals surface area contributed by atoms with Gasteiger partial charge in [-0.05, 0) is 53.6 Å². The average molecular weight is 466 g/mol. The molecule has 1 saturated carbocycles. The number of hydrogen-bond donors (Lipinski definition) is 2. The molecule has 1 heterocycles.